The minimum absolute atomic E-state index is 0.0125. The van der Waals surface area contributed by atoms with Crippen molar-refractivity contribution in [2.45, 2.75) is 24.5 Å². The molecule has 2 atom stereocenters. The van der Waals surface area contributed by atoms with Gasteiger partial charge in [0.05, 0.1) is 6.10 Å². The van der Waals surface area contributed by atoms with Gasteiger partial charge in [0.2, 0.25) is 11.5 Å². The third-order valence-corrected chi connectivity index (χ3v) is 5.24. The summed E-state index contributed by atoms with van der Waals surface area (Å²) in [5, 5.41) is 31.6. The number of nitrogens with zero attached hydrogens (tertiary/aromatic N) is 5. The zero-order chi connectivity index (χ0) is 21.3. The minimum atomic E-state index is -2.02. The zero-order valence-corrected chi connectivity index (χ0v) is 16.0. The molecule has 3 heterocycles. The molecule has 2 saturated heterocycles. The highest BCUT2D eigenvalue weighted by Gasteiger charge is 2.46. The van der Waals surface area contributed by atoms with Crippen LogP contribution in [0.25, 0.3) is 0 Å². The topological polar surface area (TPSA) is 143 Å². The first-order valence-corrected chi connectivity index (χ1v) is 9.53. The van der Waals surface area contributed by atoms with Crippen molar-refractivity contribution in [3.63, 3.8) is 0 Å². The van der Waals surface area contributed by atoms with E-state index in [9.17, 15) is 19.8 Å². The zero-order valence-electron chi connectivity index (χ0n) is 16.0. The second-order valence-corrected chi connectivity index (χ2v) is 7.31. The number of hydrogen-bond donors (Lipinski definition) is 3. The molecule has 2 aliphatic rings. The molecule has 0 aliphatic carbocycles. The minimum Gasteiger partial charge on any atom is -0.391 e. The van der Waals surface area contributed by atoms with Crippen LogP contribution in [0.3, 0.4) is 0 Å². The Hall–Kier alpha value is -3.55. The lowest BCUT2D eigenvalue weighted by Crippen LogP contribution is -2.39. The van der Waals surface area contributed by atoms with E-state index < -0.39 is 17.6 Å². The number of likely N-dealkylation sites (tertiary alicyclic amines) is 1. The Morgan fingerprint density at radius 2 is 2.03 bits per heavy atom. The van der Waals surface area contributed by atoms with Crippen molar-refractivity contribution in [1.82, 2.24) is 14.9 Å². The molecule has 2 aromatic rings. The number of nitrogens with one attached hydrogen (secondary N) is 1. The van der Waals surface area contributed by atoms with Gasteiger partial charge >= 0.3 is 0 Å². The van der Waals surface area contributed by atoms with Gasteiger partial charge < -0.3 is 20.4 Å². The summed E-state index contributed by atoms with van der Waals surface area (Å²) in [4.78, 5) is 36.0. The maximum atomic E-state index is 12.5. The average molecular weight is 408 g/mol. The quantitative estimate of drug-likeness (QED) is 0.618. The van der Waals surface area contributed by atoms with E-state index in [-0.39, 0.29) is 30.6 Å². The fraction of sp³-hybridized carbons (Fsp3) is 0.350. The number of aliphatic hydroxyl groups excluding tert-OH is 1. The van der Waals surface area contributed by atoms with Gasteiger partial charge in [-0.3, -0.25) is 14.5 Å². The van der Waals surface area contributed by atoms with Crippen LogP contribution in [0.2, 0.25) is 0 Å². The van der Waals surface area contributed by atoms with Crippen LogP contribution < -0.4 is 10.2 Å². The molecule has 1 aromatic heterocycles. The fourth-order valence-electron chi connectivity index (χ4n) is 3.52. The smallest absolute Gasteiger partial charge is 0.275 e. The summed E-state index contributed by atoms with van der Waals surface area (Å²) < 4.78 is 0. The number of carbonyl (C=O) groups is 2. The molecular formula is C20H20N6O4. The Morgan fingerprint density at radius 1 is 1.27 bits per heavy atom. The molecule has 1 aromatic carbocycles. The summed E-state index contributed by atoms with van der Waals surface area (Å²) >= 11 is 0. The molecule has 2 fully saturated rings. The lowest BCUT2D eigenvalue weighted by molar-refractivity contribution is -0.128. The Bertz CT molecular complexity index is 1020. The van der Waals surface area contributed by atoms with Gasteiger partial charge in [-0.05, 0) is 36.8 Å². The Labute approximate surface area is 172 Å². The number of benzene rings is 1. The second kappa shape index (κ2) is 7.70. The Morgan fingerprint density at radius 3 is 2.67 bits per heavy atom. The SMILES string of the molecule is N#C[C@@]1(O)CCN(c2ccnc(Nc3ccc(C(=O)N4CC[C@H](O)C4)cc3)n2)C1=O. The van der Waals surface area contributed by atoms with E-state index in [1.807, 2.05) is 0 Å². The van der Waals surface area contributed by atoms with Crippen LogP contribution in [0.4, 0.5) is 17.5 Å². The predicted octanol–water partition coefficient (Wildman–Crippen LogP) is 0.418. The molecule has 2 amide bonds. The predicted molar refractivity (Wildman–Crippen MR) is 106 cm³/mol. The number of amides is 2. The first-order chi connectivity index (χ1) is 14.4. The van der Waals surface area contributed by atoms with Crippen LogP contribution in [0, 0.1) is 11.3 Å². The fourth-order valence-corrected chi connectivity index (χ4v) is 3.52. The van der Waals surface area contributed by atoms with Crippen molar-refractivity contribution in [2.75, 3.05) is 29.9 Å². The van der Waals surface area contributed by atoms with Crippen LogP contribution in [-0.2, 0) is 4.79 Å². The van der Waals surface area contributed by atoms with Gasteiger partial charge in [0, 0.05) is 43.5 Å². The van der Waals surface area contributed by atoms with Crippen molar-refractivity contribution in [3.05, 3.63) is 42.1 Å². The first kappa shape index (κ1) is 19.8. The third kappa shape index (κ3) is 3.68. The highest BCUT2D eigenvalue weighted by atomic mass is 16.3. The number of β-amino-alcohol motifs (C(OH)–C–C–N with tert-alkyl or cyclic N) is 1. The molecule has 0 bridgehead atoms. The van der Waals surface area contributed by atoms with Crippen molar-refractivity contribution >= 4 is 29.3 Å². The normalized spacial score (nSPS) is 23.5. The number of anilines is 3. The Kier molecular flexibility index (Phi) is 5.07. The van der Waals surface area contributed by atoms with Gasteiger partial charge in [0.1, 0.15) is 11.9 Å². The standard InChI is InChI=1S/C20H20N6O4/c21-12-20(30)7-10-26(18(20)29)16-5-8-22-19(24-16)23-14-3-1-13(2-4-14)17(28)25-9-6-15(27)11-25/h1-5,8,15,27,30H,6-7,9-11H2,(H,22,23,24)/t15-,20-/m0/s1. The average Bonchev–Trinajstić information content (AvgIpc) is 3.32. The number of rotatable bonds is 4. The molecular weight excluding hydrogens is 388 g/mol. The molecule has 0 radical (unpaired) electrons. The van der Waals surface area contributed by atoms with E-state index >= 15 is 0 Å². The first-order valence-electron chi connectivity index (χ1n) is 9.53. The van der Waals surface area contributed by atoms with E-state index in [1.54, 1.807) is 35.2 Å². The number of aliphatic hydroxyl groups is 2. The number of hydrogen-bond acceptors (Lipinski definition) is 8. The van der Waals surface area contributed by atoms with E-state index in [2.05, 4.69) is 15.3 Å². The van der Waals surface area contributed by atoms with Crippen LogP contribution in [0.15, 0.2) is 36.5 Å². The second-order valence-electron chi connectivity index (χ2n) is 7.31. The molecule has 3 N–H and O–H groups in total. The number of carbonyl (C=O) groups excluding carboxylic acids is 2. The summed E-state index contributed by atoms with van der Waals surface area (Å²) in [5.41, 5.74) is -0.860. The summed E-state index contributed by atoms with van der Waals surface area (Å²) in [6, 6.07) is 9.95. The largest absolute Gasteiger partial charge is 0.391 e. The summed E-state index contributed by atoms with van der Waals surface area (Å²) in [6.07, 6.45) is 1.60. The van der Waals surface area contributed by atoms with Crippen LogP contribution >= 0.6 is 0 Å². The van der Waals surface area contributed by atoms with Gasteiger partial charge in [-0.2, -0.15) is 10.2 Å². The maximum Gasteiger partial charge on any atom is 0.275 e. The lowest BCUT2D eigenvalue weighted by atomic mass is 10.1. The molecule has 0 saturated carbocycles. The van der Waals surface area contributed by atoms with Crippen LogP contribution in [-0.4, -0.2) is 68.2 Å². The molecule has 0 spiro atoms. The summed E-state index contributed by atoms with van der Waals surface area (Å²) in [6.45, 7) is 1.06. The molecule has 4 rings (SSSR count). The molecule has 2 aliphatic heterocycles. The van der Waals surface area contributed by atoms with Crippen LogP contribution in [0.1, 0.15) is 23.2 Å². The highest BCUT2D eigenvalue weighted by Crippen LogP contribution is 2.27. The molecule has 30 heavy (non-hydrogen) atoms. The van der Waals surface area contributed by atoms with Gasteiger partial charge in [-0.25, -0.2) is 4.98 Å². The van der Waals surface area contributed by atoms with Gasteiger partial charge in [0.25, 0.3) is 11.8 Å². The summed E-state index contributed by atoms with van der Waals surface area (Å²) in [7, 11) is 0. The highest BCUT2D eigenvalue weighted by molar-refractivity contribution is 6.03. The third-order valence-electron chi connectivity index (χ3n) is 5.24. The molecule has 154 valence electrons. The molecule has 0 unspecified atom stereocenters. The van der Waals surface area contributed by atoms with E-state index in [0.29, 0.717) is 30.8 Å². The Balaban J connectivity index is 1.45. The van der Waals surface area contributed by atoms with E-state index in [4.69, 9.17) is 5.26 Å². The lowest BCUT2D eigenvalue weighted by Gasteiger charge is -2.17. The summed E-state index contributed by atoms with van der Waals surface area (Å²) in [5.74, 6) is -0.323. The van der Waals surface area contributed by atoms with E-state index in [1.165, 1.54) is 17.2 Å². The van der Waals surface area contributed by atoms with Gasteiger partial charge in [-0.15, -0.1) is 0 Å². The van der Waals surface area contributed by atoms with Crippen LogP contribution in [0.5, 0.6) is 0 Å². The molecule has 10 nitrogen and oxygen atoms in total. The van der Waals surface area contributed by atoms with Gasteiger partial charge in [0.15, 0.2) is 0 Å². The van der Waals surface area contributed by atoms with Crippen molar-refractivity contribution in [3.8, 4) is 6.07 Å². The van der Waals surface area contributed by atoms with Crippen molar-refractivity contribution in [1.29, 1.82) is 5.26 Å². The molecule has 10 heteroatoms. The monoisotopic (exact) mass is 408 g/mol. The van der Waals surface area contributed by atoms with Crippen molar-refractivity contribution < 1.29 is 19.8 Å². The maximum absolute atomic E-state index is 12.5. The van der Waals surface area contributed by atoms with E-state index in [0.717, 1.165) is 0 Å². The van der Waals surface area contributed by atoms with Crippen molar-refractivity contribution in [2.24, 2.45) is 0 Å². The number of nitriles is 1. The number of aromatic nitrogens is 2. The van der Waals surface area contributed by atoms with Gasteiger partial charge in [-0.1, -0.05) is 0 Å².